The van der Waals surface area contributed by atoms with E-state index in [4.69, 9.17) is 0 Å². The van der Waals surface area contributed by atoms with Crippen LogP contribution in [0.25, 0.3) is 0 Å². The van der Waals surface area contributed by atoms with E-state index in [1.54, 1.807) is 0 Å². The van der Waals surface area contributed by atoms with Crippen molar-refractivity contribution in [2.45, 2.75) is 65.4 Å². The van der Waals surface area contributed by atoms with Gasteiger partial charge in [-0.1, -0.05) is 46.5 Å². The molecule has 0 aromatic rings. The van der Waals surface area contributed by atoms with Crippen LogP contribution in [0, 0.1) is 17.8 Å². The molecule has 0 heterocycles. The molecule has 14 heavy (non-hydrogen) atoms. The highest BCUT2D eigenvalue weighted by molar-refractivity contribution is 4.75. The normalized spacial score (nSPS) is 30.6. The van der Waals surface area contributed by atoms with Crippen LogP contribution < -0.4 is 0 Å². The Morgan fingerprint density at radius 2 is 1.86 bits per heavy atom. The van der Waals surface area contributed by atoms with E-state index in [1.807, 2.05) is 0 Å². The molecule has 1 aliphatic rings. The average Bonchev–Trinajstić information content (AvgIpc) is 2.18. The lowest BCUT2D eigenvalue weighted by Gasteiger charge is -2.30. The molecule has 0 radical (unpaired) electrons. The van der Waals surface area contributed by atoms with Crippen molar-refractivity contribution in [2.24, 2.45) is 17.8 Å². The zero-order valence-corrected chi connectivity index (χ0v) is 10.00. The fourth-order valence-corrected chi connectivity index (χ4v) is 2.60. The Morgan fingerprint density at radius 3 is 2.43 bits per heavy atom. The van der Waals surface area contributed by atoms with Crippen LogP contribution in [0.4, 0.5) is 0 Å². The minimum absolute atomic E-state index is 0.0735. The van der Waals surface area contributed by atoms with Crippen molar-refractivity contribution in [2.75, 3.05) is 0 Å². The minimum Gasteiger partial charge on any atom is -0.393 e. The van der Waals surface area contributed by atoms with Crippen molar-refractivity contribution >= 4 is 0 Å². The van der Waals surface area contributed by atoms with Gasteiger partial charge in [0, 0.05) is 0 Å². The van der Waals surface area contributed by atoms with Gasteiger partial charge in [0.25, 0.3) is 0 Å². The molecule has 0 saturated heterocycles. The van der Waals surface area contributed by atoms with E-state index in [0.717, 1.165) is 18.3 Å². The predicted molar refractivity (Wildman–Crippen MR) is 61.2 cm³/mol. The Labute approximate surface area is 88.9 Å². The number of hydrogen-bond donors (Lipinski definition) is 1. The summed E-state index contributed by atoms with van der Waals surface area (Å²) in [6.07, 6.45) is 7.80. The maximum atomic E-state index is 9.84. The van der Waals surface area contributed by atoms with Gasteiger partial charge in [-0.25, -0.2) is 0 Å². The molecule has 0 aromatic carbocycles. The highest BCUT2D eigenvalue weighted by atomic mass is 16.3. The van der Waals surface area contributed by atoms with Gasteiger partial charge in [-0.15, -0.1) is 0 Å². The topological polar surface area (TPSA) is 20.2 Å². The number of aliphatic hydroxyl groups is 1. The molecule has 0 amide bonds. The zero-order valence-electron chi connectivity index (χ0n) is 10.00. The molecule has 0 bridgehead atoms. The molecule has 1 N–H and O–H groups in total. The minimum atomic E-state index is -0.0735. The Morgan fingerprint density at radius 1 is 1.21 bits per heavy atom. The van der Waals surface area contributed by atoms with Gasteiger partial charge in [0.05, 0.1) is 6.10 Å². The summed E-state index contributed by atoms with van der Waals surface area (Å²) in [5.74, 6) is 2.16. The van der Waals surface area contributed by atoms with E-state index in [2.05, 4.69) is 20.8 Å². The molecule has 1 rings (SSSR count). The quantitative estimate of drug-likeness (QED) is 0.731. The summed E-state index contributed by atoms with van der Waals surface area (Å²) in [5.41, 5.74) is 0. The van der Waals surface area contributed by atoms with Gasteiger partial charge in [0.15, 0.2) is 0 Å². The fourth-order valence-electron chi connectivity index (χ4n) is 2.60. The van der Waals surface area contributed by atoms with Gasteiger partial charge in [0.2, 0.25) is 0 Å². The third-order valence-corrected chi connectivity index (χ3v) is 3.81. The zero-order chi connectivity index (χ0) is 10.6. The molecule has 1 heteroatoms. The Hall–Kier alpha value is -0.0400. The van der Waals surface area contributed by atoms with Crippen LogP contribution in [0.3, 0.4) is 0 Å². The summed E-state index contributed by atoms with van der Waals surface area (Å²) in [6, 6.07) is 0. The first-order valence-corrected chi connectivity index (χ1v) is 6.31. The van der Waals surface area contributed by atoms with E-state index in [9.17, 15) is 5.11 Å². The van der Waals surface area contributed by atoms with Crippen LogP contribution in [0.5, 0.6) is 0 Å². The van der Waals surface area contributed by atoms with Crippen molar-refractivity contribution < 1.29 is 5.11 Å². The van der Waals surface area contributed by atoms with Crippen molar-refractivity contribution in [3.05, 3.63) is 0 Å². The first-order valence-electron chi connectivity index (χ1n) is 6.31. The molecular weight excluding hydrogens is 172 g/mol. The molecule has 0 spiro atoms. The average molecular weight is 198 g/mol. The largest absolute Gasteiger partial charge is 0.393 e. The van der Waals surface area contributed by atoms with Gasteiger partial charge in [-0.3, -0.25) is 0 Å². The molecule has 0 aromatic heterocycles. The summed E-state index contributed by atoms with van der Waals surface area (Å²) in [5, 5.41) is 9.84. The molecule has 1 fully saturated rings. The summed E-state index contributed by atoms with van der Waals surface area (Å²) < 4.78 is 0. The van der Waals surface area contributed by atoms with Crippen molar-refractivity contribution in [1.29, 1.82) is 0 Å². The molecule has 1 nitrogen and oxygen atoms in total. The van der Waals surface area contributed by atoms with Crippen LogP contribution >= 0.6 is 0 Å². The van der Waals surface area contributed by atoms with Gasteiger partial charge in [-0.05, 0) is 30.6 Å². The van der Waals surface area contributed by atoms with E-state index < -0.39 is 0 Å². The highest BCUT2D eigenvalue weighted by Gasteiger charge is 2.23. The van der Waals surface area contributed by atoms with Crippen molar-refractivity contribution in [3.8, 4) is 0 Å². The highest BCUT2D eigenvalue weighted by Crippen LogP contribution is 2.34. The second-order valence-corrected chi connectivity index (χ2v) is 5.35. The maximum Gasteiger partial charge on any atom is 0.0565 e. The van der Waals surface area contributed by atoms with Gasteiger partial charge in [0.1, 0.15) is 0 Å². The third-order valence-electron chi connectivity index (χ3n) is 3.81. The van der Waals surface area contributed by atoms with Crippen LogP contribution in [-0.2, 0) is 0 Å². The second-order valence-electron chi connectivity index (χ2n) is 5.35. The first-order chi connectivity index (χ1) is 6.63. The number of aliphatic hydroxyl groups excluding tert-OH is 1. The molecule has 3 unspecified atom stereocenters. The van der Waals surface area contributed by atoms with E-state index >= 15 is 0 Å². The smallest absolute Gasteiger partial charge is 0.0565 e. The van der Waals surface area contributed by atoms with Crippen LogP contribution in [0.1, 0.15) is 59.3 Å². The van der Waals surface area contributed by atoms with E-state index in [0.29, 0.717) is 5.92 Å². The fraction of sp³-hybridized carbons (Fsp3) is 1.00. The summed E-state index contributed by atoms with van der Waals surface area (Å²) in [4.78, 5) is 0. The van der Waals surface area contributed by atoms with Crippen LogP contribution in [0.2, 0.25) is 0 Å². The Kier molecular flexibility index (Phi) is 4.94. The lowest BCUT2D eigenvalue weighted by molar-refractivity contribution is 0.0813. The number of rotatable bonds is 4. The summed E-state index contributed by atoms with van der Waals surface area (Å²) in [7, 11) is 0. The summed E-state index contributed by atoms with van der Waals surface area (Å²) >= 11 is 0. The lowest BCUT2D eigenvalue weighted by Crippen LogP contribution is -2.23. The lowest BCUT2D eigenvalue weighted by atomic mass is 9.77. The summed E-state index contributed by atoms with van der Waals surface area (Å²) in [6.45, 7) is 6.53. The van der Waals surface area contributed by atoms with Crippen molar-refractivity contribution in [1.82, 2.24) is 0 Å². The monoisotopic (exact) mass is 198 g/mol. The van der Waals surface area contributed by atoms with Gasteiger partial charge >= 0.3 is 0 Å². The molecule has 1 aliphatic carbocycles. The van der Waals surface area contributed by atoms with E-state index in [1.165, 1.54) is 32.1 Å². The molecule has 1 saturated carbocycles. The molecule has 84 valence electrons. The third kappa shape index (κ3) is 3.61. The molecular formula is C13H26O. The van der Waals surface area contributed by atoms with Crippen molar-refractivity contribution in [3.63, 3.8) is 0 Å². The predicted octanol–water partition coefficient (Wildman–Crippen LogP) is 3.61. The Bertz CT molecular complexity index is 153. The standard InChI is InChI=1S/C13H26O/c1-4-11-6-5-7-12(8-11)9-13(14)10(2)3/h10-14H,4-9H2,1-3H3. The van der Waals surface area contributed by atoms with Gasteiger partial charge < -0.3 is 5.11 Å². The second kappa shape index (κ2) is 5.75. The van der Waals surface area contributed by atoms with E-state index in [-0.39, 0.29) is 6.10 Å². The first kappa shape index (κ1) is 12.0. The number of hydrogen-bond acceptors (Lipinski definition) is 1. The molecule has 0 aliphatic heterocycles. The Balaban J connectivity index is 2.30. The van der Waals surface area contributed by atoms with Gasteiger partial charge in [-0.2, -0.15) is 0 Å². The van der Waals surface area contributed by atoms with Crippen LogP contribution in [-0.4, -0.2) is 11.2 Å². The van der Waals surface area contributed by atoms with Crippen LogP contribution in [0.15, 0.2) is 0 Å². The SMILES string of the molecule is CCC1CCCC(CC(O)C(C)C)C1. The molecule has 3 atom stereocenters. The maximum absolute atomic E-state index is 9.84.